The van der Waals surface area contributed by atoms with E-state index >= 15 is 0 Å². The average molecular weight is 441 g/mol. The molecule has 2 heterocycles. The van der Waals surface area contributed by atoms with Crippen molar-refractivity contribution in [1.29, 1.82) is 0 Å². The number of anilines is 2. The highest BCUT2D eigenvalue weighted by Gasteiger charge is 2.35. The van der Waals surface area contributed by atoms with E-state index in [1.54, 1.807) is 30.3 Å². The molecule has 1 amide bonds. The first-order valence-electron chi connectivity index (χ1n) is 9.27. The van der Waals surface area contributed by atoms with E-state index in [1.807, 2.05) is 0 Å². The maximum Gasteiger partial charge on any atom is 0.417 e. The number of H-pyrrole nitrogens is 1. The van der Waals surface area contributed by atoms with Gasteiger partial charge in [-0.3, -0.25) is 14.9 Å². The Morgan fingerprint density at radius 3 is 2.41 bits per heavy atom. The molecule has 0 fully saturated rings. The summed E-state index contributed by atoms with van der Waals surface area (Å²) < 4.78 is 55.3. The van der Waals surface area contributed by atoms with Gasteiger partial charge in [-0.25, -0.2) is 4.39 Å². The SMILES string of the molecule is NC(=O)c1cnc(-c2ccccc2)c(Nc2cc(-c3cc[nH]n3)c(C(F)(F)F)cc2F)c1. The summed E-state index contributed by atoms with van der Waals surface area (Å²) in [6.07, 6.45) is -2.16. The normalized spacial score (nSPS) is 11.4. The van der Waals surface area contributed by atoms with Crippen molar-refractivity contribution in [2.45, 2.75) is 6.18 Å². The highest BCUT2D eigenvalue weighted by atomic mass is 19.4. The number of hydrogen-bond acceptors (Lipinski definition) is 4. The van der Waals surface area contributed by atoms with Crippen molar-refractivity contribution in [1.82, 2.24) is 15.2 Å². The first-order chi connectivity index (χ1) is 15.2. The number of alkyl halides is 3. The Hall–Kier alpha value is -4.21. The van der Waals surface area contributed by atoms with E-state index in [0.29, 0.717) is 17.3 Å². The van der Waals surface area contributed by atoms with Crippen LogP contribution in [0.5, 0.6) is 0 Å². The number of halogens is 4. The van der Waals surface area contributed by atoms with Crippen molar-refractivity contribution >= 4 is 17.3 Å². The van der Waals surface area contributed by atoms with E-state index in [4.69, 9.17) is 5.73 Å². The molecule has 162 valence electrons. The lowest BCUT2D eigenvalue weighted by Gasteiger charge is -2.17. The topological polar surface area (TPSA) is 96.7 Å². The van der Waals surface area contributed by atoms with Crippen LogP contribution in [0, 0.1) is 5.82 Å². The summed E-state index contributed by atoms with van der Waals surface area (Å²) in [6, 6.07) is 12.9. The molecule has 0 radical (unpaired) electrons. The van der Waals surface area contributed by atoms with Crippen molar-refractivity contribution in [3.05, 3.63) is 83.9 Å². The van der Waals surface area contributed by atoms with E-state index in [0.717, 1.165) is 6.07 Å². The fourth-order valence-corrected chi connectivity index (χ4v) is 3.19. The van der Waals surface area contributed by atoms with Gasteiger partial charge in [-0.2, -0.15) is 18.3 Å². The van der Waals surface area contributed by atoms with Crippen molar-refractivity contribution in [2.24, 2.45) is 5.73 Å². The van der Waals surface area contributed by atoms with Gasteiger partial charge in [0.25, 0.3) is 0 Å². The molecule has 32 heavy (non-hydrogen) atoms. The maximum absolute atomic E-state index is 14.8. The van der Waals surface area contributed by atoms with Crippen LogP contribution in [0.25, 0.3) is 22.5 Å². The van der Waals surface area contributed by atoms with Crippen LogP contribution in [0.1, 0.15) is 15.9 Å². The summed E-state index contributed by atoms with van der Waals surface area (Å²) in [5.74, 6) is -1.90. The van der Waals surface area contributed by atoms with Gasteiger partial charge in [0.2, 0.25) is 5.91 Å². The number of pyridine rings is 1. The Bertz CT molecular complexity index is 1270. The molecule has 0 aliphatic heterocycles. The third-order valence-electron chi connectivity index (χ3n) is 4.68. The van der Waals surface area contributed by atoms with Gasteiger partial charge in [-0.1, -0.05) is 30.3 Å². The zero-order chi connectivity index (χ0) is 22.9. The van der Waals surface area contributed by atoms with Crippen LogP contribution in [-0.4, -0.2) is 21.1 Å². The second-order valence-electron chi connectivity index (χ2n) is 6.81. The van der Waals surface area contributed by atoms with E-state index in [2.05, 4.69) is 20.5 Å². The largest absolute Gasteiger partial charge is 0.417 e. The number of rotatable bonds is 5. The minimum Gasteiger partial charge on any atom is -0.366 e. The zero-order valence-corrected chi connectivity index (χ0v) is 16.2. The van der Waals surface area contributed by atoms with Crippen molar-refractivity contribution in [3.63, 3.8) is 0 Å². The summed E-state index contributed by atoms with van der Waals surface area (Å²) in [5.41, 5.74) is 4.83. The summed E-state index contributed by atoms with van der Waals surface area (Å²) in [4.78, 5) is 15.9. The lowest BCUT2D eigenvalue weighted by Crippen LogP contribution is -2.12. The molecule has 0 spiro atoms. The van der Waals surface area contributed by atoms with Crippen molar-refractivity contribution in [3.8, 4) is 22.5 Å². The van der Waals surface area contributed by atoms with E-state index in [-0.39, 0.29) is 28.2 Å². The number of nitrogens with one attached hydrogen (secondary N) is 2. The van der Waals surface area contributed by atoms with Crippen LogP contribution in [0.4, 0.5) is 28.9 Å². The van der Waals surface area contributed by atoms with Crippen LogP contribution < -0.4 is 11.1 Å². The van der Waals surface area contributed by atoms with Gasteiger partial charge in [-0.15, -0.1) is 0 Å². The highest BCUT2D eigenvalue weighted by molar-refractivity contribution is 5.95. The van der Waals surface area contributed by atoms with Crippen molar-refractivity contribution < 1.29 is 22.4 Å². The maximum atomic E-state index is 14.8. The second kappa shape index (κ2) is 8.14. The Kier molecular flexibility index (Phi) is 5.35. The quantitative estimate of drug-likeness (QED) is 0.374. The summed E-state index contributed by atoms with van der Waals surface area (Å²) in [5, 5.41) is 9.01. The fraction of sp³-hybridized carbons (Fsp3) is 0.0455. The molecule has 2 aromatic carbocycles. The number of aromatic nitrogens is 3. The number of carbonyl (C=O) groups excluding carboxylic acids is 1. The fourth-order valence-electron chi connectivity index (χ4n) is 3.19. The Balaban J connectivity index is 1.86. The lowest BCUT2D eigenvalue weighted by atomic mass is 10.0. The molecule has 4 N–H and O–H groups in total. The van der Waals surface area contributed by atoms with E-state index in [9.17, 15) is 22.4 Å². The molecule has 0 aliphatic carbocycles. The number of hydrogen-bond donors (Lipinski definition) is 3. The number of amides is 1. The van der Waals surface area contributed by atoms with Gasteiger partial charge in [0, 0.05) is 23.5 Å². The monoisotopic (exact) mass is 441 g/mol. The molecular formula is C22H15F4N5O. The molecule has 0 bridgehead atoms. The predicted molar refractivity (Wildman–Crippen MR) is 110 cm³/mol. The molecule has 0 saturated heterocycles. The molecule has 2 aromatic heterocycles. The summed E-state index contributed by atoms with van der Waals surface area (Å²) >= 11 is 0. The van der Waals surface area contributed by atoms with Crippen LogP contribution in [0.2, 0.25) is 0 Å². The number of aromatic amines is 1. The predicted octanol–water partition coefficient (Wildman–Crippen LogP) is 5.14. The number of primary amides is 1. The smallest absolute Gasteiger partial charge is 0.366 e. The standard InChI is InChI=1S/C22H15F4N5O/c23-16-10-15(22(24,25)26)14(17-6-7-29-31-17)9-18(16)30-19-8-13(21(27)32)11-28-20(19)12-4-2-1-3-5-12/h1-11,30H,(H2,27,32)(H,29,31). The van der Waals surface area contributed by atoms with Gasteiger partial charge < -0.3 is 11.1 Å². The molecule has 6 nitrogen and oxygen atoms in total. The van der Waals surface area contributed by atoms with E-state index < -0.39 is 23.5 Å². The third kappa shape index (κ3) is 4.15. The van der Waals surface area contributed by atoms with Gasteiger partial charge in [-0.05, 0) is 24.3 Å². The van der Waals surface area contributed by atoms with Crippen LogP contribution in [-0.2, 0) is 6.18 Å². The number of nitrogens with zero attached hydrogens (tertiary/aromatic N) is 2. The zero-order valence-electron chi connectivity index (χ0n) is 16.2. The minimum absolute atomic E-state index is 0.00679. The number of nitrogens with two attached hydrogens (primary N) is 1. The van der Waals surface area contributed by atoms with Crippen LogP contribution in [0.15, 0.2) is 67.0 Å². The molecule has 0 saturated carbocycles. The molecule has 4 aromatic rings. The van der Waals surface area contributed by atoms with Gasteiger partial charge in [0.1, 0.15) is 5.82 Å². The molecule has 4 rings (SSSR count). The number of carbonyl (C=O) groups is 1. The third-order valence-corrected chi connectivity index (χ3v) is 4.68. The molecule has 10 heteroatoms. The molecule has 0 unspecified atom stereocenters. The van der Waals surface area contributed by atoms with Crippen molar-refractivity contribution in [2.75, 3.05) is 5.32 Å². The average Bonchev–Trinajstić information content (AvgIpc) is 3.29. The molecule has 0 atom stereocenters. The second-order valence-corrected chi connectivity index (χ2v) is 6.81. The van der Waals surface area contributed by atoms with Gasteiger partial charge >= 0.3 is 6.18 Å². The first kappa shape index (κ1) is 21.0. The van der Waals surface area contributed by atoms with Crippen LogP contribution in [0.3, 0.4) is 0 Å². The first-order valence-corrected chi connectivity index (χ1v) is 9.27. The highest BCUT2D eigenvalue weighted by Crippen LogP contribution is 2.40. The summed E-state index contributed by atoms with van der Waals surface area (Å²) in [7, 11) is 0. The Morgan fingerprint density at radius 1 is 1.03 bits per heavy atom. The molecule has 0 aliphatic rings. The van der Waals surface area contributed by atoms with E-state index in [1.165, 1.54) is 24.5 Å². The van der Waals surface area contributed by atoms with Gasteiger partial charge in [0.05, 0.1) is 33.9 Å². The lowest BCUT2D eigenvalue weighted by molar-refractivity contribution is -0.137. The summed E-state index contributed by atoms with van der Waals surface area (Å²) in [6.45, 7) is 0. The Morgan fingerprint density at radius 2 is 1.78 bits per heavy atom. The molecular weight excluding hydrogens is 426 g/mol. The minimum atomic E-state index is -4.80. The van der Waals surface area contributed by atoms with Gasteiger partial charge in [0.15, 0.2) is 0 Å². The Labute approximate surface area is 179 Å². The van der Waals surface area contributed by atoms with Crippen LogP contribution >= 0.6 is 0 Å². The number of benzene rings is 2.